The van der Waals surface area contributed by atoms with Gasteiger partial charge in [-0.2, -0.15) is 5.10 Å². The van der Waals surface area contributed by atoms with E-state index < -0.39 is 0 Å². The Morgan fingerprint density at radius 3 is 3.19 bits per heavy atom. The molecule has 3 nitrogen and oxygen atoms in total. The number of ether oxygens (including phenoxy) is 1. The third kappa shape index (κ3) is 3.22. The molecule has 0 N–H and O–H groups in total. The van der Waals surface area contributed by atoms with Crippen LogP contribution in [0.2, 0.25) is 0 Å². The largest absolute Gasteiger partial charge is 0.378 e. The first-order valence-corrected chi connectivity index (χ1v) is 6.47. The molecule has 2 rings (SSSR count). The van der Waals surface area contributed by atoms with Crippen molar-refractivity contribution in [2.75, 3.05) is 6.61 Å². The van der Waals surface area contributed by atoms with Crippen molar-refractivity contribution in [2.24, 2.45) is 0 Å². The van der Waals surface area contributed by atoms with Gasteiger partial charge in [0.05, 0.1) is 17.7 Å². The van der Waals surface area contributed by atoms with Gasteiger partial charge in [-0.3, -0.25) is 4.68 Å². The lowest BCUT2D eigenvalue weighted by Crippen LogP contribution is -2.07. The van der Waals surface area contributed by atoms with Gasteiger partial charge >= 0.3 is 0 Å². The third-order valence-electron chi connectivity index (χ3n) is 3.05. The van der Waals surface area contributed by atoms with Gasteiger partial charge in [0.1, 0.15) is 0 Å². The molecule has 4 heteroatoms. The molecule has 2 atom stereocenters. The number of aromatic nitrogens is 2. The van der Waals surface area contributed by atoms with Crippen molar-refractivity contribution in [3.63, 3.8) is 0 Å². The van der Waals surface area contributed by atoms with E-state index in [1.54, 1.807) is 0 Å². The van der Waals surface area contributed by atoms with Gasteiger partial charge in [0.2, 0.25) is 0 Å². The van der Waals surface area contributed by atoms with Gasteiger partial charge in [-0.25, -0.2) is 0 Å². The molecule has 1 aromatic rings. The Morgan fingerprint density at radius 1 is 1.69 bits per heavy atom. The van der Waals surface area contributed by atoms with Crippen molar-refractivity contribution in [3.05, 3.63) is 18.0 Å². The summed E-state index contributed by atoms with van der Waals surface area (Å²) in [6.45, 7) is 3.87. The quantitative estimate of drug-likeness (QED) is 0.742. The maximum Gasteiger partial charge on any atom is 0.0588 e. The maximum absolute atomic E-state index is 5.98. The molecule has 1 fully saturated rings. The van der Waals surface area contributed by atoms with Crippen molar-refractivity contribution < 1.29 is 4.74 Å². The summed E-state index contributed by atoms with van der Waals surface area (Å²) in [5.74, 6) is 0. The summed E-state index contributed by atoms with van der Waals surface area (Å²) in [5, 5.41) is 4.34. The third-order valence-corrected chi connectivity index (χ3v) is 3.30. The molecule has 1 aromatic heterocycles. The molecule has 1 saturated heterocycles. The van der Waals surface area contributed by atoms with E-state index in [1.807, 2.05) is 24.0 Å². The Labute approximate surface area is 102 Å². The molecule has 0 aliphatic carbocycles. The van der Waals surface area contributed by atoms with E-state index in [1.165, 1.54) is 12.8 Å². The molecule has 0 spiro atoms. The smallest absolute Gasteiger partial charge is 0.0588 e. The van der Waals surface area contributed by atoms with Crippen LogP contribution in [0.1, 0.15) is 43.5 Å². The normalized spacial score (nSPS) is 22.5. The van der Waals surface area contributed by atoms with Crippen LogP contribution in [0.25, 0.3) is 0 Å². The van der Waals surface area contributed by atoms with E-state index in [0.29, 0.717) is 6.10 Å². The molecule has 0 bridgehead atoms. The van der Waals surface area contributed by atoms with Crippen LogP contribution < -0.4 is 0 Å². The van der Waals surface area contributed by atoms with Crippen LogP contribution in [-0.4, -0.2) is 22.5 Å². The topological polar surface area (TPSA) is 27.1 Å². The van der Waals surface area contributed by atoms with E-state index in [4.69, 9.17) is 16.3 Å². The zero-order chi connectivity index (χ0) is 11.4. The standard InChI is InChI=1S/C12H19ClN2O/c1-10(13)11-8-14-15(9-11)6-2-4-12-5-3-7-16-12/h8-10,12H,2-7H2,1H3. The summed E-state index contributed by atoms with van der Waals surface area (Å²) in [6, 6.07) is 0. The van der Waals surface area contributed by atoms with E-state index in [9.17, 15) is 0 Å². The average molecular weight is 243 g/mol. The first-order valence-electron chi connectivity index (χ1n) is 6.04. The predicted molar refractivity (Wildman–Crippen MR) is 64.7 cm³/mol. The number of rotatable bonds is 5. The molecule has 90 valence electrons. The van der Waals surface area contributed by atoms with E-state index >= 15 is 0 Å². The summed E-state index contributed by atoms with van der Waals surface area (Å²) in [4.78, 5) is 0. The number of halogens is 1. The van der Waals surface area contributed by atoms with Crippen LogP contribution in [0, 0.1) is 0 Å². The molecule has 1 aliphatic heterocycles. The van der Waals surface area contributed by atoms with Crippen molar-refractivity contribution in [3.8, 4) is 0 Å². The molecule has 0 radical (unpaired) electrons. The summed E-state index contributed by atoms with van der Waals surface area (Å²) >= 11 is 5.98. The van der Waals surface area contributed by atoms with E-state index in [-0.39, 0.29) is 5.38 Å². The first kappa shape index (κ1) is 11.9. The molecular weight excluding hydrogens is 224 g/mol. The second-order valence-electron chi connectivity index (χ2n) is 4.43. The molecule has 0 amide bonds. The number of nitrogens with zero attached hydrogens (tertiary/aromatic N) is 2. The highest BCUT2D eigenvalue weighted by atomic mass is 35.5. The Morgan fingerprint density at radius 2 is 2.56 bits per heavy atom. The first-order chi connectivity index (χ1) is 7.75. The highest BCUT2D eigenvalue weighted by Crippen LogP contribution is 2.19. The molecule has 0 aromatic carbocycles. The van der Waals surface area contributed by atoms with Gasteiger partial charge in [0.15, 0.2) is 0 Å². The van der Waals surface area contributed by atoms with Gasteiger partial charge in [-0.05, 0) is 32.6 Å². The summed E-state index contributed by atoms with van der Waals surface area (Å²) in [5.41, 5.74) is 1.10. The van der Waals surface area contributed by atoms with Gasteiger partial charge < -0.3 is 4.74 Å². The van der Waals surface area contributed by atoms with Gasteiger partial charge in [0.25, 0.3) is 0 Å². The second-order valence-corrected chi connectivity index (χ2v) is 5.08. The Hall–Kier alpha value is -0.540. The lowest BCUT2D eigenvalue weighted by atomic mass is 10.1. The lowest BCUT2D eigenvalue weighted by molar-refractivity contribution is 0.101. The molecule has 2 unspecified atom stereocenters. The number of hydrogen-bond donors (Lipinski definition) is 0. The Bertz CT molecular complexity index is 319. The van der Waals surface area contributed by atoms with E-state index in [2.05, 4.69) is 5.10 Å². The minimum atomic E-state index is 0.0481. The number of aryl methyl sites for hydroxylation is 1. The van der Waals surface area contributed by atoms with Gasteiger partial charge in [-0.1, -0.05) is 0 Å². The summed E-state index contributed by atoms with van der Waals surface area (Å²) < 4.78 is 7.56. The van der Waals surface area contributed by atoms with Crippen LogP contribution in [0.4, 0.5) is 0 Å². The Kier molecular flexibility index (Phi) is 4.24. The molecule has 1 aliphatic rings. The SMILES string of the molecule is CC(Cl)c1cnn(CCCC2CCCO2)c1. The van der Waals surface area contributed by atoms with Crippen molar-refractivity contribution >= 4 is 11.6 Å². The zero-order valence-corrected chi connectivity index (χ0v) is 10.5. The highest BCUT2D eigenvalue weighted by molar-refractivity contribution is 6.20. The maximum atomic E-state index is 5.98. The highest BCUT2D eigenvalue weighted by Gasteiger charge is 2.14. The Balaban J connectivity index is 1.72. The van der Waals surface area contributed by atoms with Crippen molar-refractivity contribution in [1.29, 1.82) is 0 Å². The van der Waals surface area contributed by atoms with Gasteiger partial charge in [0, 0.05) is 24.9 Å². The number of alkyl halides is 1. The zero-order valence-electron chi connectivity index (χ0n) is 9.73. The second kappa shape index (κ2) is 5.69. The molecular formula is C12H19ClN2O. The summed E-state index contributed by atoms with van der Waals surface area (Å²) in [7, 11) is 0. The number of hydrogen-bond acceptors (Lipinski definition) is 2. The fourth-order valence-electron chi connectivity index (χ4n) is 2.06. The minimum absolute atomic E-state index is 0.0481. The molecule has 0 saturated carbocycles. The average Bonchev–Trinajstić information content (AvgIpc) is 2.87. The fraction of sp³-hybridized carbons (Fsp3) is 0.750. The fourth-order valence-corrected chi connectivity index (χ4v) is 2.17. The van der Waals surface area contributed by atoms with Crippen LogP contribution in [-0.2, 0) is 11.3 Å². The lowest BCUT2D eigenvalue weighted by Gasteiger charge is -2.08. The van der Waals surface area contributed by atoms with Crippen LogP contribution in [0.5, 0.6) is 0 Å². The van der Waals surface area contributed by atoms with Gasteiger partial charge in [-0.15, -0.1) is 11.6 Å². The summed E-state index contributed by atoms with van der Waals surface area (Å²) in [6.07, 6.45) is 9.09. The minimum Gasteiger partial charge on any atom is -0.378 e. The van der Waals surface area contributed by atoms with Crippen LogP contribution >= 0.6 is 11.6 Å². The van der Waals surface area contributed by atoms with Crippen LogP contribution in [0.3, 0.4) is 0 Å². The molecule has 16 heavy (non-hydrogen) atoms. The van der Waals surface area contributed by atoms with E-state index in [0.717, 1.165) is 31.6 Å². The van der Waals surface area contributed by atoms with Crippen molar-refractivity contribution in [2.45, 2.75) is 50.6 Å². The van der Waals surface area contributed by atoms with Crippen molar-refractivity contribution in [1.82, 2.24) is 9.78 Å². The monoisotopic (exact) mass is 242 g/mol. The van der Waals surface area contributed by atoms with Crippen LogP contribution in [0.15, 0.2) is 12.4 Å². The molecule has 2 heterocycles. The predicted octanol–water partition coefficient (Wildman–Crippen LogP) is 3.14.